The fourth-order valence-corrected chi connectivity index (χ4v) is 2.85. The van der Waals surface area contributed by atoms with Crippen LogP contribution in [0.25, 0.3) is 16.6 Å². The number of nitrogens with zero attached hydrogens (tertiary/aromatic N) is 2. The van der Waals surface area contributed by atoms with Gasteiger partial charge in [-0.2, -0.15) is 0 Å². The first kappa shape index (κ1) is 15.7. The van der Waals surface area contributed by atoms with E-state index in [4.69, 9.17) is 4.74 Å². The maximum absolute atomic E-state index is 12.5. The predicted molar refractivity (Wildman–Crippen MR) is 91.4 cm³/mol. The molecule has 5 nitrogen and oxygen atoms in total. The number of rotatable bonds is 1. The molecule has 23 heavy (non-hydrogen) atoms. The number of carbonyl (C=O) groups excluding carboxylic acids is 1. The first-order valence-electron chi connectivity index (χ1n) is 7.96. The van der Waals surface area contributed by atoms with Gasteiger partial charge in [-0.05, 0) is 44.4 Å². The Hall–Kier alpha value is -2.14. The lowest BCUT2D eigenvalue weighted by Crippen LogP contribution is -2.27. The Morgan fingerprint density at radius 1 is 1.43 bits per heavy atom. The summed E-state index contributed by atoms with van der Waals surface area (Å²) in [4.78, 5) is 16.9. The van der Waals surface area contributed by atoms with Crippen LogP contribution in [0.5, 0.6) is 0 Å². The van der Waals surface area contributed by atoms with E-state index in [-0.39, 0.29) is 0 Å². The second-order valence-corrected chi connectivity index (χ2v) is 7.07. The van der Waals surface area contributed by atoms with Crippen LogP contribution in [-0.4, -0.2) is 34.3 Å². The lowest BCUT2D eigenvalue weighted by atomic mass is 9.97. The Labute approximate surface area is 136 Å². The van der Waals surface area contributed by atoms with Gasteiger partial charge in [-0.15, -0.1) is 0 Å². The molecule has 0 spiro atoms. The van der Waals surface area contributed by atoms with E-state index in [9.17, 15) is 4.79 Å². The molecule has 2 aromatic rings. The third-order valence-electron chi connectivity index (χ3n) is 3.77. The van der Waals surface area contributed by atoms with Crippen molar-refractivity contribution < 1.29 is 9.53 Å². The maximum atomic E-state index is 12.5. The average Bonchev–Trinajstić information content (AvgIpc) is 2.85. The number of nitrogens with one attached hydrogen (secondary N) is 1. The molecule has 122 valence electrons. The van der Waals surface area contributed by atoms with E-state index < -0.39 is 11.7 Å². The molecule has 0 fully saturated rings. The first-order valence-corrected chi connectivity index (χ1v) is 7.96. The highest BCUT2D eigenvalue weighted by molar-refractivity contribution is 5.96. The summed E-state index contributed by atoms with van der Waals surface area (Å²) in [7, 11) is 0. The lowest BCUT2D eigenvalue weighted by molar-refractivity contribution is 0.0543. The summed E-state index contributed by atoms with van der Waals surface area (Å²) in [6.07, 6.45) is 5.41. The van der Waals surface area contributed by atoms with Gasteiger partial charge in [0.05, 0.1) is 0 Å². The van der Waals surface area contributed by atoms with Gasteiger partial charge in [-0.3, -0.25) is 0 Å². The van der Waals surface area contributed by atoms with Crippen molar-refractivity contribution in [1.29, 1.82) is 0 Å². The zero-order valence-corrected chi connectivity index (χ0v) is 14.1. The molecule has 2 aromatic heterocycles. The van der Waals surface area contributed by atoms with Crippen molar-refractivity contribution in [2.75, 3.05) is 13.1 Å². The molecule has 0 amide bonds. The fourth-order valence-electron chi connectivity index (χ4n) is 2.85. The van der Waals surface area contributed by atoms with Crippen molar-refractivity contribution in [3.63, 3.8) is 0 Å². The fraction of sp³-hybridized carbons (Fsp3) is 0.444. The van der Waals surface area contributed by atoms with Gasteiger partial charge in [0.15, 0.2) is 0 Å². The molecule has 3 rings (SSSR count). The summed E-state index contributed by atoms with van der Waals surface area (Å²) in [6, 6.07) is 3.89. The van der Waals surface area contributed by atoms with Crippen LogP contribution in [0.3, 0.4) is 0 Å². The second-order valence-electron chi connectivity index (χ2n) is 7.07. The van der Waals surface area contributed by atoms with Crippen molar-refractivity contribution in [3.05, 3.63) is 36.2 Å². The van der Waals surface area contributed by atoms with E-state index in [1.807, 2.05) is 39.1 Å². The average molecular weight is 313 g/mol. The molecular weight excluding hydrogens is 290 g/mol. The van der Waals surface area contributed by atoms with Gasteiger partial charge in [0.25, 0.3) is 0 Å². The summed E-state index contributed by atoms with van der Waals surface area (Å²) in [5.74, 6) is 0.468. The van der Waals surface area contributed by atoms with Gasteiger partial charge in [0.1, 0.15) is 11.2 Å². The van der Waals surface area contributed by atoms with Crippen molar-refractivity contribution >= 4 is 22.7 Å². The van der Waals surface area contributed by atoms with E-state index in [1.54, 1.807) is 6.20 Å². The van der Waals surface area contributed by atoms with Gasteiger partial charge in [0.2, 0.25) is 0 Å². The second kappa shape index (κ2) is 5.81. The minimum atomic E-state index is -0.539. The number of carbonyl (C=O) groups is 1. The molecule has 0 radical (unpaired) electrons. The summed E-state index contributed by atoms with van der Waals surface area (Å²) in [6.45, 7) is 9.54. The van der Waals surface area contributed by atoms with Crippen molar-refractivity contribution in [1.82, 2.24) is 14.9 Å². The molecule has 5 heteroatoms. The molecule has 1 aliphatic rings. The molecule has 0 saturated heterocycles. The number of hydrogen-bond acceptors (Lipinski definition) is 4. The summed E-state index contributed by atoms with van der Waals surface area (Å²) >= 11 is 0. The smallest absolute Gasteiger partial charge is 0.420 e. The lowest BCUT2D eigenvalue weighted by Gasteiger charge is -2.20. The van der Waals surface area contributed by atoms with Gasteiger partial charge in [-0.25, -0.2) is 14.3 Å². The predicted octanol–water partition coefficient (Wildman–Crippen LogP) is 3.44. The quantitative estimate of drug-likeness (QED) is 0.876. The molecule has 0 unspecified atom stereocenters. The molecule has 0 aliphatic carbocycles. The topological polar surface area (TPSA) is 56.2 Å². The van der Waals surface area contributed by atoms with Crippen molar-refractivity contribution in [3.8, 4) is 0 Å². The molecule has 1 N–H and O–H groups in total. The van der Waals surface area contributed by atoms with E-state index in [2.05, 4.69) is 23.3 Å². The van der Waals surface area contributed by atoms with E-state index in [0.29, 0.717) is 11.6 Å². The number of aromatic nitrogens is 2. The zero-order valence-electron chi connectivity index (χ0n) is 14.1. The van der Waals surface area contributed by atoms with Crippen LogP contribution in [0, 0.1) is 5.92 Å². The Morgan fingerprint density at radius 2 is 2.22 bits per heavy atom. The molecular formula is C18H23N3O2. The third kappa shape index (κ3) is 3.29. The van der Waals surface area contributed by atoms with E-state index >= 15 is 0 Å². The van der Waals surface area contributed by atoms with Gasteiger partial charge < -0.3 is 10.1 Å². The van der Waals surface area contributed by atoms with E-state index in [1.165, 1.54) is 10.1 Å². The number of fused-ring (bicyclic) bond motifs is 1. The number of hydrogen-bond donors (Lipinski definition) is 1. The highest BCUT2D eigenvalue weighted by Crippen LogP contribution is 2.28. The van der Waals surface area contributed by atoms with Gasteiger partial charge in [0, 0.05) is 36.4 Å². The maximum Gasteiger partial charge on any atom is 0.420 e. The van der Waals surface area contributed by atoms with Crippen molar-refractivity contribution in [2.45, 2.75) is 33.3 Å². The van der Waals surface area contributed by atoms with Crippen LogP contribution in [-0.2, 0) is 4.74 Å². The van der Waals surface area contributed by atoms with Crippen molar-refractivity contribution in [2.24, 2.45) is 5.92 Å². The molecule has 0 saturated carbocycles. The summed E-state index contributed by atoms with van der Waals surface area (Å²) < 4.78 is 7.01. The largest absolute Gasteiger partial charge is 0.443 e. The van der Waals surface area contributed by atoms with Crippen LogP contribution in [0.2, 0.25) is 0 Å². The van der Waals surface area contributed by atoms with Crippen LogP contribution >= 0.6 is 0 Å². The Morgan fingerprint density at radius 3 is 2.91 bits per heavy atom. The molecule has 3 heterocycles. The normalized spacial score (nSPS) is 18.8. The first-order chi connectivity index (χ1) is 10.8. The van der Waals surface area contributed by atoms with Crippen LogP contribution in [0.4, 0.5) is 4.79 Å². The van der Waals surface area contributed by atoms with Gasteiger partial charge >= 0.3 is 6.09 Å². The molecule has 0 aromatic carbocycles. The molecule has 0 bridgehead atoms. The van der Waals surface area contributed by atoms with Crippen LogP contribution in [0.1, 0.15) is 33.3 Å². The molecule has 1 aliphatic heterocycles. The Balaban J connectivity index is 2.09. The Bertz CT molecular complexity index is 768. The summed E-state index contributed by atoms with van der Waals surface area (Å²) in [5, 5.41) is 4.38. The summed E-state index contributed by atoms with van der Waals surface area (Å²) in [5.41, 5.74) is 2.33. The van der Waals surface area contributed by atoms with Gasteiger partial charge in [-0.1, -0.05) is 13.0 Å². The highest BCUT2D eigenvalue weighted by Gasteiger charge is 2.23. The highest BCUT2D eigenvalue weighted by atomic mass is 16.6. The SMILES string of the molecule is C[C@H]1C=C(c2cn(C(=O)OC(C)(C)C)c3ncccc23)CNC1. The number of pyridine rings is 1. The Kier molecular flexibility index (Phi) is 3.98. The minimum absolute atomic E-state index is 0.398. The molecule has 1 atom stereocenters. The number of ether oxygens (including phenoxy) is 1. The third-order valence-corrected chi connectivity index (χ3v) is 3.77. The standard InChI is InChI=1S/C18H23N3O2/c1-12-8-13(10-19-9-12)15-11-21(17(22)23-18(2,3)4)16-14(15)6-5-7-20-16/h5-8,11-12,19H,9-10H2,1-4H3/t12-/m0/s1. The van der Waals surface area contributed by atoms with Crippen LogP contribution < -0.4 is 5.32 Å². The monoisotopic (exact) mass is 313 g/mol. The minimum Gasteiger partial charge on any atom is -0.443 e. The van der Waals surface area contributed by atoms with E-state index in [0.717, 1.165) is 24.0 Å². The zero-order chi connectivity index (χ0) is 16.6. The van der Waals surface area contributed by atoms with Crippen LogP contribution in [0.15, 0.2) is 30.6 Å².